The monoisotopic (exact) mass is 392 g/mol. The molecule has 6 nitrogen and oxygen atoms in total. The number of benzene rings is 2. The summed E-state index contributed by atoms with van der Waals surface area (Å²) in [6, 6.07) is 11.9. The normalized spacial score (nSPS) is 15.7. The first kappa shape index (κ1) is 19.5. The molecule has 0 unspecified atom stereocenters. The number of rotatable bonds is 5. The molecule has 2 aromatic rings. The van der Waals surface area contributed by atoms with Crippen LogP contribution in [0.5, 0.6) is 0 Å². The van der Waals surface area contributed by atoms with E-state index < -0.39 is 15.8 Å². The average molecular weight is 392 g/mol. The summed E-state index contributed by atoms with van der Waals surface area (Å²) >= 11 is 0. The van der Waals surface area contributed by atoms with Gasteiger partial charge in [-0.3, -0.25) is 4.79 Å². The summed E-state index contributed by atoms with van der Waals surface area (Å²) in [5.74, 6) is -0.612. The Bertz CT molecular complexity index is 890. The predicted molar refractivity (Wildman–Crippen MR) is 98.2 cm³/mol. The van der Waals surface area contributed by atoms with Gasteiger partial charge in [-0.05, 0) is 42.0 Å². The van der Waals surface area contributed by atoms with Crippen LogP contribution < -0.4 is 0 Å². The minimum absolute atomic E-state index is 0.0532. The van der Waals surface area contributed by atoms with E-state index in [0.29, 0.717) is 25.3 Å². The molecule has 0 aliphatic carbocycles. The number of hydrogen-bond acceptors (Lipinski definition) is 4. The molecule has 8 heteroatoms. The highest BCUT2D eigenvalue weighted by Gasteiger charge is 2.30. The van der Waals surface area contributed by atoms with Crippen molar-refractivity contribution in [1.82, 2.24) is 9.21 Å². The Morgan fingerprint density at radius 2 is 1.59 bits per heavy atom. The number of sulfonamides is 1. The Morgan fingerprint density at radius 1 is 1.00 bits per heavy atom. The van der Waals surface area contributed by atoms with Crippen LogP contribution in [0.2, 0.25) is 0 Å². The first-order valence-corrected chi connectivity index (χ1v) is 9.98. The zero-order valence-corrected chi connectivity index (χ0v) is 15.8. The molecular weight excluding hydrogens is 371 g/mol. The van der Waals surface area contributed by atoms with E-state index in [4.69, 9.17) is 4.74 Å². The van der Waals surface area contributed by atoms with Crippen molar-refractivity contribution in [3.05, 3.63) is 65.5 Å². The summed E-state index contributed by atoms with van der Waals surface area (Å²) in [5.41, 5.74) is 1.54. The summed E-state index contributed by atoms with van der Waals surface area (Å²) in [7, 11) is -2.08. The number of halogens is 1. The summed E-state index contributed by atoms with van der Waals surface area (Å²) in [6.07, 6.45) is 0. The van der Waals surface area contributed by atoms with Crippen LogP contribution in [0, 0.1) is 5.82 Å². The number of carbonyl (C=O) groups excluding carboxylic acids is 1. The van der Waals surface area contributed by atoms with E-state index in [9.17, 15) is 17.6 Å². The van der Waals surface area contributed by atoms with Crippen LogP contribution in [0.4, 0.5) is 4.39 Å². The van der Waals surface area contributed by atoms with Gasteiger partial charge in [0.05, 0.1) is 11.5 Å². The van der Waals surface area contributed by atoms with Crippen molar-refractivity contribution in [2.45, 2.75) is 11.5 Å². The van der Waals surface area contributed by atoms with Gasteiger partial charge < -0.3 is 9.64 Å². The van der Waals surface area contributed by atoms with Gasteiger partial charge in [-0.15, -0.1) is 0 Å². The highest BCUT2D eigenvalue weighted by atomic mass is 32.2. The number of nitrogens with zero attached hydrogens (tertiary/aromatic N) is 2. The van der Waals surface area contributed by atoms with Crippen LogP contribution in [0.15, 0.2) is 53.4 Å². The molecule has 1 heterocycles. The molecule has 1 aliphatic heterocycles. The topological polar surface area (TPSA) is 66.9 Å². The molecule has 0 atom stereocenters. The smallest absolute Gasteiger partial charge is 0.253 e. The zero-order chi connectivity index (χ0) is 19.4. The third-order valence-corrected chi connectivity index (χ3v) is 6.40. The second-order valence-electron chi connectivity index (χ2n) is 6.28. The molecule has 1 amide bonds. The Kier molecular flexibility index (Phi) is 5.88. The molecule has 0 saturated carbocycles. The van der Waals surface area contributed by atoms with Crippen LogP contribution in [0.3, 0.4) is 0 Å². The largest absolute Gasteiger partial charge is 0.380 e. The fourth-order valence-corrected chi connectivity index (χ4v) is 4.40. The van der Waals surface area contributed by atoms with Crippen molar-refractivity contribution in [2.75, 3.05) is 33.3 Å². The minimum atomic E-state index is -3.69. The van der Waals surface area contributed by atoms with E-state index in [1.54, 1.807) is 24.1 Å². The summed E-state index contributed by atoms with van der Waals surface area (Å²) < 4.78 is 44.7. The van der Waals surface area contributed by atoms with E-state index in [-0.39, 0.29) is 23.9 Å². The van der Waals surface area contributed by atoms with Crippen molar-refractivity contribution < 1.29 is 22.3 Å². The van der Waals surface area contributed by atoms with Gasteiger partial charge in [0.2, 0.25) is 10.0 Å². The maximum atomic E-state index is 13.0. The van der Waals surface area contributed by atoms with Crippen molar-refractivity contribution in [1.29, 1.82) is 0 Å². The maximum Gasteiger partial charge on any atom is 0.253 e. The highest BCUT2D eigenvalue weighted by Crippen LogP contribution is 2.19. The van der Waals surface area contributed by atoms with E-state index in [0.717, 1.165) is 17.7 Å². The minimum Gasteiger partial charge on any atom is -0.380 e. The Morgan fingerprint density at radius 3 is 2.15 bits per heavy atom. The van der Waals surface area contributed by atoms with Crippen LogP contribution in [-0.4, -0.2) is 56.8 Å². The molecule has 0 N–H and O–H groups in total. The van der Waals surface area contributed by atoms with E-state index in [1.165, 1.54) is 16.4 Å². The Balaban J connectivity index is 1.64. The van der Waals surface area contributed by atoms with Gasteiger partial charge in [0, 0.05) is 38.9 Å². The summed E-state index contributed by atoms with van der Waals surface area (Å²) in [4.78, 5) is 14.3. The second-order valence-corrected chi connectivity index (χ2v) is 8.22. The lowest BCUT2D eigenvalue weighted by Crippen LogP contribution is -2.50. The van der Waals surface area contributed by atoms with Gasteiger partial charge >= 0.3 is 0 Å². The van der Waals surface area contributed by atoms with Crippen LogP contribution in [0.1, 0.15) is 15.9 Å². The molecule has 27 heavy (non-hydrogen) atoms. The fraction of sp³-hybridized carbons (Fsp3) is 0.316. The predicted octanol–water partition coefficient (Wildman–Crippen LogP) is 2.12. The lowest BCUT2D eigenvalue weighted by Gasteiger charge is -2.34. The van der Waals surface area contributed by atoms with E-state index in [1.807, 2.05) is 12.1 Å². The lowest BCUT2D eigenvalue weighted by molar-refractivity contribution is 0.0698. The van der Waals surface area contributed by atoms with Gasteiger partial charge in [-0.25, -0.2) is 12.8 Å². The van der Waals surface area contributed by atoms with Crippen molar-refractivity contribution in [2.24, 2.45) is 0 Å². The second kappa shape index (κ2) is 8.16. The molecule has 2 aromatic carbocycles. The van der Waals surface area contributed by atoms with Crippen LogP contribution in [0.25, 0.3) is 0 Å². The molecule has 1 fully saturated rings. The van der Waals surface area contributed by atoms with Crippen molar-refractivity contribution in [3.63, 3.8) is 0 Å². The highest BCUT2D eigenvalue weighted by molar-refractivity contribution is 7.89. The zero-order valence-electron chi connectivity index (χ0n) is 15.0. The van der Waals surface area contributed by atoms with E-state index >= 15 is 0 Å². The van der Waals surface area contributed by atoms with E-state index in [2.05, 4.69) is 0 Å². The molecule has 0 aromatic heterocycles. The summed E-state index contributed by atoms with van der Waals surface area (Å²) in [5, 5.41) is 0. The van der Waals surface area contributed by atoms with Gasteiger partial charge in [0.25, 0.3) is 5.91 Å². The lowest BCUT2D eigenvalue weighted by atomic mass is 10.1. The standard InChI is InChI=1S/C19H21FN2O4S/c1-26-14-15-2-4-16(5-3-15)19(23)21-10-12-22(13-11-21)27(24,25)18-8-6-17(20)7-9-18/h2-9H,10-14H2,1H3. The summed E-state index contributed by atoms with van der Waals surface area (Å²) in [6.45, 7) is 1.49. The van der Waals surface area contributed by atoms with Gasteiger partial charge in [-0.1, -0.05) is 12.1 Å². The molecule has 1 aliphatic rings. The Labute approximate surface area is 158 Å². The van der Waals surface area contributed by atoms with Gasteiger partial charge in [-0.2, -0.15) is 4.31 Å². The number of ether oxygens (including phenoxy) is 1. The number of methoxy groups -OCH3 is 1. The number of piperazine rings is 1. The first-order valence-electron chi connectivity index (χ1n) is 8.54. The SMILES string of the molecule is COCc1ccc(C(=O)N2CCN(S(=O)(=O)c3ccc(F)cc3)CC2)cc1. The Hall–Kier alpha value is -2.29. The molecule has 0 bridgehead atoms. The molecule has 1 saturated heterocycles. The van der Waals surface area contributed by atoms with Crippen LogP contribution in [-0.2, 0) is 21.4 Å². The molecule has 0 spiro atoms. The quantitative estimate of drug-likeness (QED) is 0.782. The van der Waals surface area contributed by atoms with Crippen LogP contribution >= 0.6 is 0 Å². The first-order chi connectivity index (χ1) is 12.9. The molecular formula is C19H21FN2O4S. The number of amides is 1. The number of carbonyl (C=O) groups is 1. The maximum absolute atomic E-state index is 13.0. The van der Waals surface area contributed by atoms with Gasteiger partial charge in [0.1, 0.15) is 5.82 Å². The average Bonchev–Trinajstić information content (AvgIpc) is 2.69. The molecule has 0 radical (unpaired) electrons. The number of hydrogen-bond donors (Lipinski definition) is 0. The van der Waals surface area contributed by atoms with Crippen molar-refractivity contribution >= 4 is 15.9 Å². The van der Waals surface area contributed by atoms with Gasteiger partial charge in [0.15, 0.2) is 0 Å². The third-order valence-electron chi connectivity index (χ3n) is 4.49. The fourth-order valence-electron chi connectivity index (χ4n) is 2.98. The molecule has 3 rings (SSSR count). The third kappa shape index (κ3) is 4.35. The molecule has 144 valence electrons. The van der Waals surface area contributed by atoms with Crippen molar-refractivity contribution in [3.8, 4) is 0 Å².